The maximum Gasteiger partial charge on any atom is 0.290 e. The summed E-state index contributed by atoms with van der Waals surface area (Å²) < 4.78 is 3.51. The van der Waals surface area contributed by atoms with Gasteiger partial charge in [0.05, 0.1) is 23.1 Å². The van der Waals surface area contributed by atoms with Gasteiger partial charge in [-0.25, -0.2) is 14.6 Å². The molecule has 0 amide bonds. The number of pyridine rings is 1. The minimum Gasteiger partial charge on any atom is -0.483 e. The Kier molecular flexibility index (Phi) is 4.51. The molecule has 0 aliphatic heterocycles. The van der Waals surface area contributed by atoms with Gasteiger partial charge < -0.3 is 5.11 Å². The Hall–Kier alpha value is -3.55. The number of fused-ring (bicyclic) bond motifs is 1. The van der Waals surface area contributed by atoms with E-state index >= 15 is 0 Å². The Morgan fingerprint density at radius 2 is 2.00 bits per heavy atom. The topological polar surface area (TPSA) is 98.7 Å². The Morgan fingerprint density at radius 1 is 1.20 bits per heavy atom. The summed E-state index contributed by atoms with van der Waals surface area (Å²) in [4.78, 5) is 17.1. The minimum atomic E-state index is -0.250. The molecule has 0 saturated carbocycles. The predicted molar refractivity (Wildman–Crippen MR) is 92.3 cm³/mol. The lowest BCUT2D eigenvalue weighted by Crippen LogP contribution is -1.95. The third-order valence-corrected chi connectivity index (χ3v) is 3.68. The molecular formula is C17H16N6O2. The van der Waals surface area contributed by atoms with Crippen molar-refractivity contribution in [2.45, 2.75) is 6.92 Å². The second-order valence-electron chi connectivity index (χ2n) is 5.37. The van der Waals surface area contributed by atoms with E-state index in [1.807, 2.05) is 31.6 Å². The summed E-state index contributed by atoms with van der Waals surface area (Å²) in [6.07, 6.45) is 7.00. The van der Waals surface area contributed by atoms with Crippen LogP contribution >= 0.6 is 0 Å². The largest absolute Gasteiger partial charge is 0.483 e. The first-order chi connectivity index (χ1) is 12.1. The number of benzene rings is 1. The Bertz CT molecular complexity index is 1010. The zero-order chi connectivity index (χ0) is 17.8. The first-order valence-electron chi connectivity index (χ1n) is 7.45. The molecule has 25 heavy (non-hydrogen) atoms. The molecule has 4 aromatic rings. The first-order valence-corrected chi connectivity index (χ1v) is 7.45. The molecule has 1 N–H and O–H groups in total. The highest BCUT2D eigenvalue weighted by Gasteiger charge is 2.08. The number of carbonyl (C=O) groups is 1. The predicted octanol–water partition coefficient (Wildman–Crippen LogP) is 2.23. The van der Waals surface area contributed by atoms with Gasteiger partial charge in [-0.15, -0.1) is 0 Å². The van der Waals surface area contributed by atoms with Gasteiger partial charge in [0, 0.05) is 24.2 Å². The molecule has 0 fully saturated rings. The molecule has 3 aromatic heterocycles. The fraction of sp³-hybridized carbons (Fsp3) is 0.118. The van der Waals surface area contributed by atoms with Crippen LogP contribution in [0.5, 0.6) is 0 Å². The molecule has 0 aliphatic carbocycles. The second kappa shape index (κ2) is 6.91. The molecular weight excluding hydrogens is 320 g/mol. The molecule has 0 spiro atoms. The van der Waals surface area contributed by atoms with E-state index in [0.717, 1.165) is 27.8 Å². The average molecular weight is 336 g/mol. The van der Waals surface area contributed by atoms with Gasteiger partial charge in [0.2, 0.25) is 0 Å². The lowest BCUT2D eigenvalue weighted by Gasteiger charge is -2.07. The molecule has 126 valence electrons. The average Bonchev–Trinajstić information content (AvgIpc) is 3.26. The first kappa shape index (κ1) is 16.3. The maximum absolute atomic E-state index is 8.36. The number of rotatable bonds is 2. The van der Waals surface area contributed by atoms with Crippen molar-refractivity contribution in [2.24, 2.45) is 7.05 Å². The summed E-state index contributed by atoms with van der Waals surface area (Å²) in [6.45, 7) is 1.85. The van der Waals surface area contributed by atoms with Gasteiger partial charge in [-0.1, -0.05) is 6.07 Å². The Labute approximate surface area is 143 Å². The standard InChI is InChI=1S/C16H14N6.CH2O2/c1-11-5-15(12-7-18-21(2)8-12)20-16-6-13(3-4-14(11)16)22-10-17-9-19-22;2-1-3/h3-10H,1-2H3;1H,(H,2,3). The zero-order valence-electron chi connectivity index (χ0n) is 13.7. The van der Waals surface area contributed by atoms with E-state index in [4.69, 9.17) is 14.9 Å². The van der Waals surface area contributed by atoms with Crippen LogP contribution in [0.15, 0.2) is 49.3 Å². The van der Waals surface area contributed by atoms with Crippen molar-refractivity contribution in [1.29, 1.82) is 0 Å². The van der Waals surface area contributed by atoms with Crippen molar-refractivity contribution < 1.29 is 9.90 Å². The summed E-state index contributed by atoms with van der Waals surface area (Å²) >= 11 is 0. The SMILES string of the molecule is Cc1cc(-c2cnn(C)c2)nc2cc(-n3cncn3)ccc12.O=CO. The van der Waals surface area contributed by atoms with E-state index in [2.05, 4.69) is 34.2 Å². The highest BCUT2D eigenvalue weighted by atomic mass is 16.3. The van der Waals surface area contributed by atoms with Crippen LogP contribution in [0.4, 0.5) is 0 Å². The second-order valence-corrected chi connectivity index (χ2v) is 5.37. The number of nitrogens with zero attached hydrogens (tertiary/aromatic N) is 6. The molecule has 0 aliphatic rings. The number of aryl methyl sites for hydroxylation is 2. The van der Waals surface area contributed by atoms with Gasteiger partial charge in [-0.3, -0.25) is 9.48 Å². The smallest absolute Gasteiger partial charge is 0.290 e. The molecule has 0 radical (unpaired) electrons. The highest BCUT2D eigenvalue weighted by Crippen LogP contribution is 2.25. The van der Waals surface area contributed by atoms with Gasteiger partial charge in [0.15, 0.2) is 0 Å². The van der Waals surface area contributed by atoms with Crippen molar-refractivity contribution in [1.82, 2.24) is 29.5 Å². The lowest BCUT2D eigenvalue weighted by molar-refractivity contribution is -0.122. The van der Waals surface area contributed by atoms with Crippen LogP contribution in [-0.4, -0.2) is 41.1 Å². The number of aromatic nitrogens is 6. The van der Waals surface area contributed by atoms with Crippen LogP contribution in [0.25, 0.3) is 27.8 Å². The molecule has 0 bridgehead atoms. The normalized spacial score (nSPS) is 10.3. The van der Waals surface area contributed by atoms with Crippen LogP contribution in [0, 0.1) is 6.92 Å². The van der Waals surface area contributed by atoms with E-state index in [-0.39, 0.29) is 6.47 Å². The van der Waals surface area contributed by atoms with E-state index in [0.29, 0.717) is 0 Å². The summed E-state index contributed by atoms with van der Waals surface area (Å²) in [7, 11) is 1.90. The molecule has 4 rings (SSSR count). The Balaban J connectivity index is 0.000000569. The fourth-order valence-corrected chi connectivity index (χ4v) is 2.58. The molecule has 3 heterocycles. The molecule has 0 atom stereocenters. The molecule has 8 heteroatoms. The number of hydrogen-bond acceptors (Lipinski definition) is 5. The molecule has 0 saturated heterocycles. The zero-order valence-corrected chi connectivity index (χ0v) is 13.7. The van der Waals surface area contributed by atoms with Crippen LogP contribution in [-0.2, 0) is 11.8 Å². The lowest BCUT2D eigenvalue weighted by atomic mass is 10.1. The molecule has 1 aromatic carbocycles. The monoisotopic (exact) mass is 336 g/mol. The summed E-state index contributed by atoms with van der Waals surface area (Å²) in [5.74, 6) is 0. The van der Waals surface area contributed by atoms with Gasteiger partial charge in [-0.2, -0.15) is 10.2 Å². The molecule has 8 nitrogen and oxygen atoms in total. The van der Waals surface area contributed by atoms with Crippen LogP contribution in [0.3, 0.4) is 0 Å². The Morgan fingerprint density at radius 3 is 2.64 bits per heavy atom. The third kappa shape index (κ3) is 3.37. The number of carboxylic acid groups (broad SMARTS) is 1. The number of hydrogen-bond donors (Lipinski definition) is 1. The van der Waals surface area contributed by atoms with Gasteiger partial charge in [0.25, 0.3) is 6.47 Å². The van der Waals surface area contributed by atoms with Gasteiger partial charge in [-0.05, 0) is 30.7 Å². The third-order valence-electron chi connectivity index (χ3n) is 3.68. The maximum atomic E-state index is 8.36. The van der Waals surface area contributed by atoms with Crippen molar-refractivity contribution in [2.75, 3.05) is 0 Å². The molecule has 0 unspecified atom stereocenters. The van der Waals surface area contributed by atoms with Crippen LogP contribution in [0.2, 0.25) is 0 Å². The van der Waals surface area contributed by atoms with Crippen LogP contribution < -0.4 is 0 Å². The summed E-state index contributed by atoms with van der Waals surface area (Å²) in [5, 5.41) is 16.4. The quantitative estimate of drug-likeness (QED) is 0.564. The van der Waals surface area contributed by atoms with Crippen LogP contribution in [0.1, 0.15) is 5.56 Å². The van der Waals surface area contributed by atoms with Crippen molar-refractivity contribution in [3.8, 4) is 16.9 Å². The van der Waals surface area contributed by atoms with E-state index in [1.165, 1.54) is 11.9 Å². The van der Waals surface area contributed by atoms with E-state index < -0.39 is 0 Å². The van der Waals surface area contributed by atoms with E-state index in [9.17, 15) is 0 Å². The van der Waals surface area contributed by atoms with Crippen molar-refractivity contribution in [3.05, 3.63) is 54.9 Å². The van der Waals surface area contributed by atoms with Gasteiger partial charge >= 0.3 is 0 Å². The highest BCUT2D eigenvalue weighted by molar-refractivity contribution is 5.86. The summed E-state index contributed by atoms with van der Waals surface area (Å²) in [5.41, 5.74) is 5.01. The minimum absolute atomic E-state index is 0.250. The fourth-order valence-electron chi connectivity index (χ4n) is 2.58. The van der Waals surface area contributed by atoms with Crippen molar-refractivity contribution in [3.63, 3.8) is 0 Å². The van der Waals surface area contributed by atoms with Crippen molar-refractivity contribution >= 4 is 17.4 Å². The van der Waals surface area contributed by atoms with Gasteiger partial charge in [0.1, 0.15) is 12.7 Å². The van der Waals surface area contributed by atoms with E-state index in [1.54, 1.807) is 15.7 Å². The summed E-state index contributed by atoms with van der Waals surface area (Å²) in [6, 6.07) is 8.21.